The fourth-order valence-electron chi connectivity index (χ4n) is 2.52. The van der Waals surface area contributed by atoms with Gasteiger partial charge in [0.2, 0.25) is 11.8 Å². The molecule has 24 heavy (non-hydrogen) atoms. The molecule has 6 heteroatoms. The quantitative estimate of drug-likeness (QED) is 0.723. The number of fused-ring (bicyclic) bond motifs is 1. The van der Waals surface area contributed by atoms with E-state index in [1.54, 1.807) is 20.2 Å². The third-order valence-electron chi connectivity index (χ3n) is 3.72. The fraction of sp³-hybridized carbons (Fsp3) is 0.167. The van der Waals surface area contributed by atoms with Gasteiger partial charge in [-0.2, -0.15) is 0 Å². The highest BCUT2D eigenvalue weighted by molar-refractivity contribution is 5.99. The van der Waals surface area contributed by atoms with Crippen molar-refractivity contribution >= 4 is 22.4 Å². The number of hydrogen-bond acceptors (Lipinski definition) is 4. The van der Waals surface area contributed by atoms with Crippen molar-refractivity contribution in [3.8, 4) is 5.88 Å². The van der Waals surface area contributed by atoms with E-state index in [-0.39, 0.29) is 5.91 Å². The number of H-pyrrole nitrogens is 1. The summed E-state index contributed by atoms with van der Waals surface area (Å²) >= 11 is 0. The van der Waals surface area contributed by atoms with E-state index in [1.165, 1.54) is 0 Å². The number of aromatic amines is 1. The second-order valence-electron chi connectivity index (χ2n) is 5.33. The third kappa shape index (κ3) is 2.99. The van der Waals surface area contributed by atoms with Gasteiger partial charge in [0.15, 0.2) is 0 Å². The maximum atomic E-state index is 11.9. The van der Waals surface area contributed by atoms with Crippen LogP contribution in [0.2, 0.25) is 0 Å². The SMILES string of the molecule is CNC(=O)C=C(c1ccc2c(OC)n[nH]c2c1)c1cccc(C)n1. The van der Waals surface area contributed by atoms with Crippen molar-refractivity contribution < 1.29 is 9.53 Å². The zero-order valence-corrected chi connectivity index (χ0v) is 13.8. The number of rotatable bonds is 4. The fourth-order valence-corrected chi connectivity index (χ4v) is 2.52. The minimum Gasteiger partial charge on any atom is -0.480 e. The van der Waals surface area contributed by atoms with E-state index in [0.717, 1.165) is 33.4 Å². The Morgan fingerprint density at radius 3 is 2.83 bits per heavy atom. The van der Waals surface area contributed by atoms with Crippen LogP contribution in [0.25, 0.3) is 16.5 Å². The molecule has 0 atom stereocenters. The van der Waals surface area contributed by atoms with Crippen LogP contribution in [0.5, 0.6) is 5.88 Å². The van der Waals surface area contributed by atoms with Crippen LogP contribution in [0.4, 0.5) is 0 Å². The number of nitrogens with zero attached hydrogens (tertiary/aromatic N) is 2. The molecule has 122 valence electrons. The van der Waals surface area contributed by atoms with Gasteiger partial charge in [-0.1, -0.05) is 12.1 Å². The lowest BCUT2D eigenvalue weighted by Crippen LogP contribution is -2.15. The van der Waals surface area contributed by atoms with Crippen molar-refractivity contribution in [2.24, 2.45) is 0 Å². The lowest BCUT2D eigenvalue weighted by Gasteiger charge is -2.09. The van der Waals surface area contributed by atoms with E-state index in [4.69, 9.17) is 4.74 Å². The van der Waals surface area contributed by atoms with Crippen LogP contribution in [0, 0.1) is 6.92 Å². The Morgan fingerprint density at radius 1 is 1.29 bits per heavy atom. The number of carbonyl (C=O) groups excluding carboxylic acids is 1. The summed E-state index contributed by atoms with van der Waals surface area (Å²) < 4.78 is 5.22. The minimum absolute atomic E-state index is 0.185. The Morgan fingerprint density at radius 2 is 2.12 bits per heavy atom. The van der Waals surface area contributed by atoms with Crippen LogP contribution in [0.1, 0.15) is 17.0 Å². The van der Waals surface area contributed by atoms with Crippen LogP contribution in [-0.4, -0.2) is 35.2 Å². The molecular formula is C18H18N4O2. The molecule has 1 aromatic carbocycles. The number of methoxy groups -OCH3 is 1. The number of aryl methyl sites for hydroxylation is 1. The van der Waals surface area contributed by atoms with Gasteiger partial charge < -0.3 is 10.1 Å². The number of hydrogen-bond donors (Lipinski definition) is 2. The molecule has 2 aromatic heterocycles. The van der Waals surface area contributed by atoms with Gasteiger partial charge in [-0.05, 0) is 36.8 Å². The molecule has 1 amide bonds. The summed E-state index contributed by atoms with van der Waals surface area (Å²) in [5.41, 5.74) is 4.08. The number of ether oxygens (including phenoxy) is 1. The van der Waals surface area contributed by atoms with Crippen molar-refractivity contribution in [3.63, 3.8) is 0 Å². The number of amides is 1. The van der Waals surface area contributed by atoms with Crippen molar-refractivity contribution in [1.82, 2.24) is 20.5 Å². The number of pyridine rings is 1. The molecule has 0 aliphatic carbocycles. The Hall–Kier alpha value is -3.15. The molecule has 0 saturated heterocycles. The van der Waals surface area contributed by atoms with E-state index < -0.39 is 0 Å². The number of nitrogens with one attached hydrogen (secondary N) is 2. The zero-order valence-electron chi connectivity index (χ0n) is 13.8. The summed E-state index contributed by atoms with van der Waals surface area (Å²) in [6.45, 7) is 1.92. The van der Waals surface area contributed by atoms with Gasteiger partial charge in [-0.25, -0.2) is 0 Å². The van der Waals surface area contributed by atoms with Crippen LogP contribution in [-0.2, 0) is 4.79 Å². The third-order valence-corrected chi connectivity index (χ3v) is 3.72. The van der Waals surface area contributed by atoms with Crippen LogP contribution < -0.4 is 10.1 Å². The molecule has 0 aliphatic rings. The molecule has 6 nitrogen and oxygen atoms in total. The minimum atomic E-state index is -0.185. The summed E-state index contributed by atoms with van der Waals surface area (Å²) in [6, 6.07) is 11.5. The van der Waals surface area contributed by atoms with Crippen LogP contribution >= 0.6 is 0 Å². The normalized spacial score (nSPS) is 11.5. The number of likely N-dealkylation sites (N-methyl/N-ethyl adjacent to an activating group) is 1. The van der Waals surface area contributed by atoms with Crippen LogP contribution in [0.3, 0.4) is 0 Å². The smallest absolute Gasteiger partial charge is 0.244 e. The molecule has 3 rings (SSSR count). The Kier molecular flexibility index (Phi) is 4.29. The first-order valence-corrected chi connectivity index (χ1v) is 7.52. The first kappa shape index (κ1) is 15.7. The number of benzene rings is 1. The summed E-state index contributed by atoms with van der Waals surface area (Å²) in [5, 5.41) is 10.6. The van der Waals surface area contributed by atoms with Gasteiger partial charge in [0, 0.05) is 24.4 Å². The molecule has 0 fully saturated rings. The van der Waals surface area contributed by atoms with Crippen LogP contribution in [0.15, 0.2) is 42.5 Å². The Bertz CT molecular complexity index is 928. The molecule has 0 radical (unpaired) electrons. The predicted molar refractivity (Wildman–Crippen MR) is 92.8 cm³/mol. The largest absolute Gasteiger partial charge is 0.480 e. The van der Waals surface area contributed by atoms with Gasteiger partial charge in [0.05, 0.1) is 23.7 Å². The Balaban J connectivity index is 2.15. The highest BCUT2D eigenvalue weighted by atomic mass is 16.5. The van der Waals surface area contributed by atoms with E-state index in [9.17, 15) is 4.79 Å². The molecule has 2 heterocycles. The molecule has 0 unspecified atom stereocenters. The predicted octanol–water partition coefficient (Wildman–Crippen LogP) is 2.45. The summed E-state index contributed by atoms with van der Waals surface area (Å²) in [5.74, 6) is 0.359. The zero-order chi connectivity index (χ0) is 17.1. The van der Waals surface area contributed by atoms with Gasteiger partial charge in [0.1, 0.15) is 0 Å². The number of carbonyl (C=O) groups is 1. The standard InChI is InChI=1S/C18H18N4O2/c1-11-5-4-6-15(20-11)14(10-17(23)19-2)12-7-8-13-16(9-12)21-22-18(13)24-3/h4-10H,1-3H3,(H,19,23)(H,21,22). The van der Waals surface area contributed by atoms with Crippen molar-refractivity contribution in [1.29, 1.82) is 0 Å². The topological polar surface area (TPSA) is 79.9 Å². The lowest BCUT2D eigenvalue weighted by atomic mass is 10.00. The molecule has 2 N–H and O–H groups in total. The molecule has 3 aromatic rings. The first-order chi connectivity index (χ1) is 11.6. The molecule has 0 bridgehead atoms. The average molecular weight is 322 g/mol. The molecule has 0 saturated carbocycles. The molecular weight excluding hydrogens is 304 g/mol. The van der Waals surface area contributed by atoms with E-state index in [2.05, 4.69) is 20.5 Å². The summed E-state index contributed by atoms with van der Waals surface area (Å²) in [6.07, 6.45) is 1.55. The van der Waals surface area contributed by atoms with Gasteiger partial charge in [-0.3, -0.25) is 14.9 Å². The second kappa shape index (κ2) is 6.54. The number of aromatic nitrogens is 3. The van der Waals surface area contributed by atoms with E-state index in [1.807, 2.05) is 43.3 Å². The molecule has 0 aliphatic heterocycles. The van der Waals surface area contributed by atoms with E-state index >= 15 is 0 Å². The van der Waals surface area contributed by atoms with Crippen molar-refractivity contribution in [2.45, 2.75) is 6.92 Å². The van der Waals surface area contributed by atoms with Crippen molar-refractivity contribution in [3.05, 3.63) is 59.4 Å². The maximum Gasteiger partial charge on any atom is 0.244 e. The summed E-state index contributed by atoms with van der Waals surface area (Å²) in [4.78, 5) is 16.5. The monoisotopic (exact) mass is 322 g/mol. The second-order valence-corrected chi connectivity index (χ2v) is 5.33. The van der Waals surface area contributed by atoms with Crippen molar-refractivity contribution in [2.75, 3.05) is 14.2 Å². The van der Waals surface area contributed by atoms with Gasteiger partial charge in [0.25, 0.3) is 0 Å². The van der Waals surface area contributed by atoms with Gasteiger partial charge >= 0.3 is 0 Å². The summed E-state index contributed by atoms with van der Waals surface area (Å²) in [7, 11) is 3.18. The average Bonchev–Trinajstić information content (AvgIpc) is 3.01. The first-order valence-electron chi connectivity index (χ1n) is 7.52. The maximum absolute atomic E-state index is 11.9. The van der Waals surface area contributed by atoms with Gasteiger partial charge in [-0.15, -0.1) is 5.10 Å². The lowest BCUT2D eigenvalue weighted by molar-refractivity contribution is -0.116. The Labute approximate surface area is 139 Å². The van der Waals surface area contributed by atoms with E-state index in [0.29, 0.717) is 5.88 Å². The highest BCUT2D eigenvalue weighted by Gasteiger charge is 2.12. The molecule has 0 spiro atoms. The highest BCUT2D eigenvalue weighted by Crippen LogP contribution is 2.28.